The van der Waals surface area contributed by atoms with Gasteiger partial charge < -0.3 is 0 Å². The van der Waals surface area contributed by atoms with Gasteiger partial charge in [0.15, 0.2) is 0 Å². The topological polar surface area (TPSA) is 38.0 Å². The summed E-state index contributed by atoms with van der Waals surface area (Å²) in [5, 5.41) is 0. The molecule has 1 rings (SSSR count). The highest BCUT2D eigenvalue weighted by atomic mass is 79.9. The molecule has 1 unspecified atom stereocenters. The van der Waals surface area contributed by atoms with E-state index in [0.29, 0.717) is 18.4 Å². The summed E-state index contributed by atoms with van der Waals surface area (Å²) in [5.74, 6) is 5.16. The smallest absolute Gasteiger partial charge is 0.126 e. The average Bonchev–Trinajstić information content (AvgIpc) is 2.22. The molecule has 0 heterocycles. The van der Waals surface area contributed by atoms with Crippen LogP contribution in [0.3, 0.4) is 0 Å². The van der Waals surface area contributed by atoms with Crippen molar-refractivity contribution in [2.24, 2.45) is 5.84 Å². The van der Waals surface area contributed by atoms with Crippen LogP contribution in [0.2, 0.25) is 0 Å². The first-order valence-electron chi connectivity index (χ1n) is 4.68. The predicted octanol–water partition coefficient (Wildman–Crippen LogP) is 2.54. The number of nitrogens with two attached hydrogens (primary N) is 1. The molecule has 0 aliphatic heterocycles. The third-order valence-corrected chi connectivity index (χ3v) is 2.65. The Morgan fingerprint density at radius 1 is 1.60 bits per heavy atom. The van der Waals surface area contributed by atoms with Gasteiger partial charge >= 0.3 is 0 Å². The van der Waals surface area contributed by atoms with Crippen molar-refractivity contribution in [1.82, 2.24) is 5.43 Å². The molecular formula is C11H14BrFN2. The van der Waals surface area contributed by atoms with Crippen LogP contribution in [-0.4, -0.2) is 6.04 Å². The van der Waals surface area contributed by atoms with E-state index in [1.54, 1.807) is 18.2 Å². The lowest BCUT2D eigenvalue weighted by Crippen LogP contribution is -2.36. The van der Waals surface area contributed by atoms with E-state index in [4.69, 9.17) is 5.84 Å². The molecular weight excluding hydrogens is 259 g/mol. The lowest BCUT2D eigenvalue weighted by Gasteiger charge is -2.14. The SMILES string of the molecule is C=CCC(Cc1cc(Br)ccc1F)NN. The van der Waals surface area contributed by atoms with Crippen molar-refractivity contribution in [3.05, 3.63) is 46.7 Å². The second kappa shape index (κ2) is 6.00. The maximum Gasteiger partial charge on any atom is 0.126 e. The number of benzene rings is 1. The summed E-state index contributed by atoms with van der Waals surface area (Å²) in [5.41, 5.74) is 3.29. The van der Waals surface area contributed by atoms with Crippen LogP contribution in [0.5, 0.6) is 0 Å². The zero-order chi connectivity index (χ0) is 11.3. The Balaban J connectivity index is 2.77. The van der Waals surface area contributed by atoms with Crippen LogP contribution in [0, 0.1) is 5.82 Å². The Kier molecular flexibility index (Phi) is 4.94. The standard InChI is InChI=1S/C11H14BrFN2/c1-2-3-10(15-14)7-8-6-9(12)4-5-11(8)13/h2,4-6,10,15H,1,3,7,14H2. The van der Waals surface area contributed by atoms with Crippen LogP contribution < -0.4 is 11.3 Å². The fraction of sp³-hybridized carbons (Fsp3) is 0.273. The van der Waals surface area contributed by atoms with Crippen molar-refractivity contribution in [2.75, 3.05) is 0 Å². The monoisotopic (exact) mass is 272 g/mol. The van der Waals surface area contributed by atoms with Gasteiger partial charge in [-0.2, -0.15) is 0 Å². The van der Waals surface area contributed by atoms with Crippen LogP contribution in [0.4, 0.5) is 4.39 Å². The van der Waals surface area contributed by atoms with Gasteiger partial charge in [0, 0.05) is 10.5 Å². The zero-order valence-corrected chi connectivity index (χ0v) is 9.93. The minimum atomic E-state index is -0.206. The average molecular weight is 273 g/mol. The van der Waals surface area contributed by atoms with Gasteiger partial charge in [-0.1, -0.05) is 22.0 Å². The van der Waals surface area contributed by atoms with E-state index in [1.165, 1.54) is 6.07 Å². The molecule has 0 saturated carbocycles. The minimum absolute atomic E-state index is 0.0197. The molecule has 2 nitrogen and oxygen atoms in total. The van der Waals surface area contributed by atoms with Gasteiger partial charge in [0.25, 0.3) is 0 Å². The molecule has 15 heavy (non-hydrogen) atoms. The summed E-state index contributed by atoms with van der Waals surface area (Å²) in [6.45, 7) is 3.63. The number of nitrogens with one attached hydrogen (secondary N) is 1. The van der Waals surface area contributed by atoms with Gasteiger partial charge in [0.05, 0.1) is 0 Å². The summed E-state index contributed by atoms with van der Waals surface area (Å²) in [6, 6.07) is 4.91. The fourth-order valence-corrected chi connectivity index (χ4v) is 1.79. The van der Waals surface area contributed by atoms with E-state index in [1.807, 2.05) is 0 Å². The molecule has 1 atom stereocenters. The Labute approximate surface area is 97.5 Å². The number of rotatable bonds is 5. The Morgan fingerprint density at radius 2 is 2.33 bits per heavy atom. The van der Waals surface area contributed by atoms with E-state index in [2.05, 4.69) is 27.9 Å². The molecule has 0 saturated heterocycles. The summed E-state index contributed by atoms with van der Waals surface area (Å²) < 4.78 is 14.3. The summed E-state index contributed by atoms with van der Waals surface area (Å²) in [7, 11) is 0. The second-order valence-electron chi connectivity index (χ2n) is 3.33. The number of hydrazine groups is 1. The molecule has 3 N–H and O–H groups in total. The van der Waals surface area contributed by atoms with Gasteiger partial charge in [-0.3, -0.25) is 11.3 Å². The Hall–Kier alpha value is -0.710. The van der Waals surface area contributed by atoms with Crippen molar-refractivity contribution in [3.63, 3.8) is 0 Å². The second-order valence-corrected chi connectivity index (χ2v) is 4.24. The number of hydrogen-bond donors (Lipinski definition) is 2. The molecule has 0 bridgehead atoms. The Morgan fingerprint density at radius 3 is 2.93 bits per heavy atom. The Bertz CT molecular complexity index is 341. The third kappa shape index (κ3) is 3.74. The lowest BCUT2D eigenvalue weighted by molar-refractivity contribution is 0.513. The zero-order valence-electron chi connectivity index (χ0n) is 8.34. The molecule has 0 aromatic heterocycles. The molecule has 1 aromatic rings. The lowest BCUT2D eigenvalue weighted by atomic mass is 10.0. The van der Waals surface area contributed by atoms with Crippen LogP contribution >= 0.6 is 15.9 Å². The molecule has 0 radical (unpaired) electrons. The fourth-order valence-electron chi connectivity index (χ4n) is 1.38. The maximum absolute atomic E-state index is 13.4. The van der Waals surface area contributed by atoms with Crippen molar-refractivity contribution in [1.29, 1.82) is 0 Å². The van der Waals surface area contributed by atoms with Crippen LogP contribution in [0.25, 0.3) is 0 Å². The van der Waals surface area contributed by atoms with Gasteiger partial charge in [0.1, 0.15) is 5.82 Å². The van der Waals surface area contributed by atoms with Crippen molar-refractivity contribution >= 4 is 15.9 Å². The molecule has 0 aliphatic carbocycles. The largest absolute Gasteiger partial charge is 0.271 e. The highest BCUT2D eigenvalue weighted by molar-refractivity contribution is 9.10. The first-order chi connectivity index (χ1) is 7.17. The van der Waals surface area contributed by atoms with Gasteiger partial charge in [-0.15, -0.1) is 6.58 Å². The van der Waals surface area contributed by atoms with Crippen molar-refractivity contribution < 1.29 is 4.39 Å². The van der Waals surface area contributed by atoms with E-state index in [0.717, 1.165) is 4.47 Å². The number of halogens is 2. The minimum Gasteiger partial charge on any atom is -0.271 e. The van der Waals surface area contributed by atoms with Crippen molar-refractivity contribution in [3.8, 4) is 0 Å². The van der Waals surface area contributed by atoms with E-state index in [9.17, 15) is 4.39 Å². The molecule has 0 fully saturated rings. The summed E-state index contributed by atoms with van der Waals surface area (Å²) in [6.07, 6.45) is 3.02. The summed E-state index contributed by atoms with van der Waals surface area (Å²) >= 11 is 3.31. The normalized spacial score (nSPS) is 12.5. The highest BCUT2D eigenvalue weighted by Gasteiger charge is 2.09. The van der Waals surface area contributed by atoms with E-state index in [-0.39, 0.29) is 11.9 Å². The van der Waals surface area contributed by atoms with Gasteiger partial charge in [-0.25, -0.2) is 4.39 Å². The van der Waals surface area contributed by atoms with Gasteiger partial charge in [-0.05, 0) is 36.6 Å². The molecule has 0 aliphatic rings. The van der Waals surface area contributed by atoms with Crippen LogP contribution in [-0.2, 0) is 6.42 Å². The first-order valence-corrected chi connectivity index (χ1v) is 5.47. The van der Waals surface area contributed by atoms with Crippen molar-refractivity contribution in [2.45, 2.75) is 18.9 Å². The van der Waals surface area contributed by atoms with E-state index >= 15 is 0 Å². The van der Waals surface area contributed by atoms with Crippen LogP contribution in [0.15, 0.2) is 35.3 Å². The van der Waals surface area contributed by atoms with Crippen LogP contribution in [0.1, 0.15) is 12.0 Å². The highest BCUT2D eigenvalue weighted by Crippen LogP contribution is 2.17. The molecule has 82 valence electrons. The van der Waals surface area contributed by atoms with E-state index < -0.39 is 0 Å². The van der Waals surface area contributed by atoms with Gasteiger partial charge in [0.2, 0.25) is 0 Å². The number of hydrogen-bond acceptors (Lipinski definition) is 2. The quantitative estimate of drug-likeness (QED) is 0.491. The molecule has 4 heteroatoms. The summed E-state index contributed by atoms with van der Waals surface area (Å²) in [4.78, 5) is 0. The first kappa shape index (κ1) is 12.4. The molecule has 0 spiro atoms. The molecule has 1 aromatic carbocycles. The predicted molar refractivity (Wildman–Crippen MR) is 63.7 cm³/mol. The maximum atomic E-state index is 13.4. The third-order valence-electron chi connectivity index (χ3n) is 2.16. The molecule has 0 amide bonds.